The molecule has 1 aromatic carbocycles. The Kier molecular flexibility index (Phi) is 2.56. The summed E-state index contributed by atoms with van der Waals surface area (Å²) in [7, 11) is 0. The molecule has 1 saturated carbocycles. The highest BCUT2D eigenvalue weighted by molar-refractivity contribution is 5.29. The van der Waals surface area contributed by atoms with E-state index in [2.05, 4.69) is 30.8 Å². The minimum absolute atomic E-state index is 0.147. The molecule has 84 valence electrons. The number of ether oxygens (including phenoxy) is 1. The number of rotatable bonds is 1. The van der Waals surface area contributed by atoms with E-state index in [9.17, 15) is 0 Å². The molecule has 1 heteroatoms. The molecule has 0 bridgehead atoms. The highest BCUT2D eigenvalue weighted by Gasteiger charge is 2.40. The van der Waals surface area contributed by atoms with Gasteiger partial charge in [0, 0.05) is 5.92 Å². The van der Waals surface area contributed by atoms with Crippen LogP contribution in [0.25, 0.3) is 0 Å². The molecule has 0 N–H and O–H groups in total. The lowest BCUT2D eigenvalue weighted by atomic mass is 9.82. The summed E-state index contributed by atoms with van der Waals surface area (Å²) in [5, 5.41) is 0. The van der Waals surface area contributed by atoms with Crippen molar-refractivity contribution in [3.05, 3.63) is 48.0 Å². The van der Waals surface area contributed by atoms with Crippen molar-refractivity contribution in [2.24, 2.45) is 5.92 Å². The van der Waals surface area contributed by atoms with Crippen LogP contribution in [0.15, 0.2) is 42.5 Å². The zero-order valence-electron chi connectivity index (χ0n) is 9.56. The Morgan fingerprint density at radius 2 is 1.81 bits per heavy atom. The molecular formula is C15H18O. The minimum atomic E-state index is 0.147. The van der Waals surface area contributed by atoms with E-state index in [1.807, 2.05) is 6.07 Å². The van der Waals surface area contributed by atoms with Gasteiger partial charge in [0.15, 0.2) is 0 Å². The molecule has 1 saturated heterocycles. The SMILES string of the molecule is C=C1[C@H]2CCCC[C@@H]2O[C@@H]1c1ccccc1. The zero-order valence-corrected chi connectivity index (χ0v) is 9.56. The number of hydrogen-bond acceptors (Lipinski definition) is 1. The molecule has 2 fully saturated rings. The minimum Gasteiger partial charge on any atom is -0.365 e. The largest absolute Gasteiger partial charge is 0.365 e. The average Bonchev–Trinajstić information content (AvgIpc) is 2.69. The van der Waals surface area contributed by atoms with Crippen LogP contribution in [0, 0.1) is 5.92 Å². The topological polar surface area (TPSA) is 9.23 Å². The summed E-state index contributed by atoms with van der Waals surface area (Å²) >= 11 is 0. The molecule has 1 aliphatic heterocycles. The quantitative estimate of drug-likeness (QED) is 0.645. The van der Waals surface area contributed by atoms with Crippen LogP contribution in [0.2, 0.25) is 0 Å². The monoisotopic (exact) mass is 214 g/mol. The fourth-order valence-electron chi connectivity index (χ4n) is 3.06. The Morgan fingerprint density at radius 3 is 2.56 bits per heavy atom. The van der Waals surface area contributed by atoms with Gasteiger partial charge in [0.25, 0.3) is 0 Å². The maximum Gasteiger partial charge on any atom is 0.104 e. The summed E-state index contributed by atoms with van der Waals surface area (Å²) < 4.78 is 6.16. The van der Waals surface area contributed by atoms with Crippen LogP contribution in [-0.4, -0.2) is 6.10 Å². The molecule has 0 spiro atoms. The maximum absolute atomic E-state index is 6.16. The molecule has 0 aromatic heterocycles. The predicted molar refractivity (Wildman–Crippen MR) is 65.2 cm³/mol. The van der Waals surface area contributed by atoms with Crippen LogP contribution in [-0.2, 0) is 4.74 Å². The maximum atomic E-state index is 6.16. The van der Waals surface area contributed by atoms with Crippen LogP contribution in [0.1, 0.15) is 37.4 Å². The first kappa shape index (κ1) is 10.1. The van der Waals surface area contributed by atoms with Crippen molar-refractivity contribution in [1.82, 2.24) is 0 Å². The molecular weight excluding hydrogens is 196 g/mol. The fraction of sp³-hybridized carbons (Fsp3) is 0.467. The molecule has 3 atom stereocenters. The van der Waals surface area contributed by atoms with E-state index in [0.29, 0.717) is 12.0 Å². The third-order valence-electron chi connectivity index (χ3n) is 3.93. The summed E-state index contributed by atoms with van der Waals surface area (Å²) in [6.45, 7) is 4.27. The van der Waals surface area contributed by atoms with Crippen molar-refractivity contribution in [3.8, 4) is 0 Å². The van der Waals surface area contributed by atoms with E-state index in [1.165, 1.54) is 36.8 Å². The Labute approximate surface area is 97.1 Å². The number of hydrogen-bond donors (Lipinski definition) is 0. The second kappa shape index (κ2) is 4.06. The highest BCUT2D eigenvalue weighted by atomic mass is 16.5. The zero-order chi connectivity index (χ0) is 11.0. The first-order valence-corrected chi connectivity index (χ1v) is 6.25. The second-order valence-electron chi connectivity index (χ2n) is 4.93. The Balaban J connectivity index is 1.86. The molecule has 0 radical (unpaired) electrons. The average molecular weight is 214 g/mol. The molecule has 1 nitrogen and oxygen atoms in total. The van der Waals surface area contributed by atoms with Gasteiger partial charge in [-0.25, -0.2) is 0 Å². The van der Waals surface area contributed by atoms with Crippen molar-refractivity contribution in [3.63, 3.8) is 0 Å². The van der Waals surface area contributed by atoms with Crippen LogP contribution in [0.5, 0.6) is 0 Å². The first-order valence-electron chi connectivity index (χ1n) is 6.25. The van der Waals surface area contributed by atoms with Crippen LogP contribution < -0.4 is 0 Å². The Morgan fingerprint density at radius 1 is 1.06 bits per heavy atom. The molecule has 0 amide bonds. The summed E-state index contributed by atoms with van der Waals surface area (Å²) in [4.78, 5) is 0. The van der Waals surface area contributed by atoms with Gasteiger partial charge in [-0.15, -0.1) is 0 Å². The molecule has 1 aromatic rings. The summed E-state index contributed by atoms with van der Waals surface area (Å²) in [5.41, 5.74) is 2.57. The number of benzene rings is 1. The van der Waals surface area contributed by atoms with Crippen molar-refractivity contribution < 1.29 is 4.74 Å². The lowest BCUT2D eigenvalue weighted by Crippen LogP contribution is -2.20. The smallest absolute Gasteiger partial charge is 0.104 e. The second-order valence-corrected chi connectivity index (χ2v) is 4.93. The van der Waals surface area contributed by atoms with Gasteiger partial charge in [0.05, 0.1) is 6.10 Å². The summed E-state index contributed by atoms with van der Waals surface area (Å²) in [6, 6.07) is 10.5. The standard InChI is InChI=1S/C15H18O/c1-11-13-9-5-6-10-14(13)16-15(11)12-7-3-2-4-8-12/h2-4,7-8,13-15H,1,5-6,9-10H2/t13-,14+,15+/m1/s1. The van der Waals surface area contributed by atoms with Crippen molar-refractivity contribution in [1.29, 1.82) is 0 Å². The first-order chi connectivity index (χ1) is 7.86. The summed E-state index contributed by atoms with van der Waals surface area (Å²) in [6.07, 6.45) is 5.72. The molecule has 1 aliphatic carbocycles. The van der Waals surface area contributed by atoms with Gasteiger partial charge in [0.1, 0.15) is 6.10 Å². The van der Waals surface area contributed by atoms with Gasteiger partial charge >= 0.3 is 0 Å². The Hall–Kier alpha value is -1.08. The van der Waals surface area contributed by atoms with Gasteiger partial charge in [-0.1, -0.05) is 49.8 Å². The lowest BCUT2D eigenvalue weighted by molar-refractivity contribution is 0.0203. The van der Waals surface area contributed by atoms with Gasteiger partial charge in [-0.3, -0.25) is 0 Å². The van der Waals surface area contributed by atoms with Gasteiger partial charge in [-0.05, 0) is 24.0 Å². The lowest BCUT2D eigenvalue weighted by Gasteiger charge is -2.23. The van der Waals surface area contributed by atoms with Crippen molar-refractivity contribution in [2.45, 2.75) is 37.9 Å². The fourth-order valence-corrected chi connectivity index (χ4v) is 3.06. The molecule has 3 rings (SSSR count). The molecule has 0 unspecified atom stereocenters. The molecule has 16 heavy (non-hydrogen) atoms. The predicted octanol–water partition coefficient (Wildman–Crippen LogP) is 3.87. The summed E-state index contributed by atoms with van der Waals surface area (Å²) in [5.74, 6) is 0.610. The van der Waals surface area contributed by atoms with Crippen molar-refractivity contribution in [2.75, 3.05) is 0 Å². The van der Waals surface area contributed by atoms with Crippen LogP contribution in [0.4, 0.5) is 0 Å². The van der Waals surface area contributed by atoms with E-state index in [-0.39, 0.29) is 6.10 Å². The van der Waals surface area contributed by atoms with E-state index in [0.717, 1.165) is 0 Å². The Bertz CT molecular complexity index is 382. The van der Waals surface area contributed by atoms with Crippen LogP contribution >= 0.6 is 0 Å². The van der Waals surface area contributed by atoms with E-state index < -0.39 is 0 Å². The molecule has 2 aliphatic rings. The van der Waals surface area contributed by atoms with E-state index in [1.54, 1.807) is 0 Å². The van der Waals surface area contributed by atoms with E-state index in [4.69, 9.17) is 4.74 Å². The van der Waals surface area contributed by atoms with E-state index >= 15 is 0 Å². The highest BCUT2D eigenvalue weighted by Crippen LogP contribution is 2.46. The number of fused-ring (bicyclic) bond motifs is 1. The third kappa shape index (κ3) is 1.60. The molecule has 1 heterocycles. The van der Waals surface area contributed by atoms with Crippen molar-refractivity contribution >= 4 is 0 Å². The van der Waals surface area contributed by atoms with Crippen LogP contribution in [0.3, 0.4) is 0 Å². The van der Waals surface area contributed by atoms with Gasteiger partial charge in [0.2, 0.25) is 0 Å². The van der Waals surface area contributed by atoms with Gasteiger partial charge in [-0.2, -0.15) is 0 Å². The normalized spacial score (nSPS) is 33.8. The van der Waals surface area contributed by atoms with Gasteiger partial charge < -0.3 is 4.74 Å². The third-order valence-corrected chi connectivity index (χ3v) is 3.93.